The van der Waals surface area contributed by atoms with Crippen LogP contribution < -0.4 is 4.90 Å². The van der Waals surface area contributed by atoms with E-state index in [-0.39, 0.29) is 5.92 Å². The lowest BCUT2D eigenvalue weighted by atomic mass is 9.96. The fourth-order valence-electron chi connectivity index (χ4n) is 3.45. The van der Waals surface area contributed by atoms with Gasteiger partial charge in [0.25, 0.3) is 0 Å². The van der Waals surface area contributed by atoms with Crippen LogP contribution in [0.25, 0.3) is 0 Å². The number of hydrogen-bond donors (Lipinski definition) is 0. The van der Waals surface area contributed by atoms with Gasteiger partial charge < -0.3 is 14.7 Å². The van der Waals surface area contributed by atoms with Crippen LogP contribution >= 0.6 is 0 Å². The summed E-state index contributed by atoms with van der Waals surface area (Å²) in [7, 11) is 2.12. The lowest BCUT2D eigenvalue weighted by Gasteiger charge is -2.39. The first kappa shape index (κ1) is 14.4. The van der Waals surface area contributed by atoms with Gasteiger partial charge in [0, 0.05) is 38.4 Å². The molecule has 4 nitrogen and oxygen atoms in total. The van der Waals surface area contributed by atoms with Gasteiger partial charge in [-0.05, 0) is 38.6 Å². The van der Waals surface area contributed by atoms with Crippen LogP contribution in [0.4, 0.5) is 5.69 Å². The van der Waals surface area contributed by atoms with E-state index >= 15 is 0 Å². The number of rotatable bonds is 2. The van der Waals surface area contributed by atoms with E-state index in [4.69, 9.17) is 0 Å². The molecular formula is C17H25N3O. The Hall–Kier alpha value is -1.55. The zero-order valence-corrected chi connectivity index (χ0v) is 12.9. The molecule has 4 heteroatoms. The SMILES string of the molecule is CN1CCC[C@H](C(=O)N2CCN(c3ccccc3)CC2)C1. The summed E-state index contributed by atoms with van der Waals surface area (Å²) < 4.78 is 0. The Labute approximate surface area is 127 Å². The molecule has 2 aliphatic rings. The molecule has 0 saturated carbocycles. The van der Waals surface area contributed by atoms with Gasteiger partial charge in [0.15, 0.2) is 0 Å². The summed E-state index contributed by atoms with van der Waals surface area (Å²) in [4.78, 5) is 19.4. The largest absolute Gasteiger partial charge is 0.368 e. The monoisotopic (exact) mass is 287 g/mol. The molecule has 0 aromatic heterocycles. The Balaban J connectivity index is 1.54. The molecule has 1 aromatic rings. The van der Waals surface area contributed by atoms with Gasteiger partial charge in [-0.2, -0.15) is 0 Å². The molecule has 0 N–H and O–H groups in total. The van der Waals surface area contributed by atoms with Crippen LogP contribution in [-0.2, 0) is 4.79 Å². The topological polar surface area (TPSA) is 26.8 Å². The molecule has 114 valence electrons. The highest BCUT2D eigenvalue weighted by atomic mass is 16.2. The molecule has 2 saturated heterocycles. The van der Waals surface area contributed by atoms with E-state index in [0.29, 0.717) is 5.91 Å². The zero-order chi connectivity index (χ0) is 14.7. The van der Waals surface area contributed by atoms with Gasteiger partial charge in [-0.1, -0.05) is 18.2 Å². The summed E-state index contributed by atoms with van der Waals surface area (Å²) in [5.74, 6) is 0.585. The van der Waals surface area contributed by atoms with Crippen LogP contribution in [0.1, 0.15) is 12.8 Å². The van der Waals surface area contributed by atoms with Gasteiger partial charge in [-0.3, -0.25) is 4.79 Å². The van der Waals surface area contributed by atoms with Crippen molar-refractivity contribution < 1.29 is 4.79 Å². The Morgan fingerprint density at radius 1 is 1.05 bits per heavy atom. The third-order valence-electron chi connectivity index (χ3n) is 4.69. The Morgan fingerprint density at radius 2 is 1.76 bits per heavy atom. The van der Waals surface area contributed by atoms with Crippen molar-refractivity contribution >= 4 is 11.6 Å². The highest BCUT2D eigenvalue weighted by Gasteiger charge is 2.29. The van der Waals surface area contributed by atoms with E-state index in [2.05, 4.69) is 46.0 Å². The third kappa shape index (κ3) is 3.38. The van der Waals surface area contributed by atoms with Crippen molar-refractivity contribution in [1.29, 1.82) is 0 Å². The number of para-hydroxylation sites is 1. The second-order valence-corrected chi connectivity index (χ2v) is 6.25. The van der Waals surface area contributed by atoms with Crippen molar-refractivity contribution in [2.45, 2.75) is 12.8 Å². The molecule has 1 aromatic carbocycles. The molecule has 21 heavy (non-hydrogen) atoms. The molecule has 1 atom stereocenters. The van der Waals surface area contributed by atoms with Gasteiger partial charge in [-0.25, -0.2) is 0 Å². The average molecular weight is 287 g/mol. The minimum Gasteiger partial charge on any atom is -0.368 e. The van der Waals surface area contributed by atoms with E-state index in [9.17, 15) is 4.79 Å². The number of anilines is 1. The molecule has 2 heterocycles. The molecule has 0 radical (unpaired) electrons. The van der Waals surface area contributed by atoms with Crippen molar-refractivity contribution in [1.82, 2.24) is 9.80 Å². The summed E-state index contributed by atoms with van der Waals surface area (Å²) in [6.45, 7) is 5.65. The fourth-order valence-corrected chi connectivity index (χ4v) is 3.45. The highest BCUT2D eigenvalue weighted by Crippen LogP contribution is 2.20. The van der Waals surface area contributed by atoms with Crippen molar-refractivity contribution in [3.05, 3.63) is 30.3 Å². The summed E-state index contributed by atoms with van der Waals surface area (Å²) in [5.41, 5.74) is 1.27. The van der Waals surface area contributed by atoms with E-state index in [1.807, 2.05) is 6.07 Å². The molecule has 0 unspecified atom stereocenters. The second-order valence-electron chi connectivity index (χ2n) is 6.25. The maximum atomic E-state index is 12.6. The van der Waals surface area contributed by atoms with Crippen LogP contribution in [-0.4, -0.2) is 62.0 Å². The number of hydrogen-bond acceptors (Lipinski definition) is 3. The highest BCUT2D eigenvalue weighted by molar-refractivity contribution is 5.79. The van der Waals surface area contributed by atoms with E-state index in [1.165, 1.54) is 5.69 Å². The number of piperidine rings is 1. The van der Waals surface area contributed by atoms with Gasteiger partial charge >= 0.3 is 0 Å². The summed E-state index contributed by atoms with van der Waals surface area (Å²) in [5, 5.41) is 0. The lowest BCUT2D eigenvalue weighted by Crippen LogP contribution is -2.52. The Bertz CT molecular complexity index is 468. The second kappa shape index (κ2) is 6.48. The molecule has 2 aliphatic heterocycles. The van der Waals surface area contributed by atoms with Crippen molar-refractivity contribution in [3.63, 3.8) is 0 Å². The maximum absolute atomic E-state index is 12.6. The lowest BCUT2D eigenvalue weighted by molar-refractivity contribution is -0.137. The fraction of sp³-hybridized carbons (Fsp3) is 0.588. The summed E-state index contributed by atoms with van der Waals surface area (Å²) in [6, 6.07) is 10.5. The first-order chi connectivity index (χ1) is 10.2. The van der Waals surface area contributed by atoms with Gasteiger partial charge in [0.05, 0.1) is 5.92 Å². The first-order valence-electron chi connectivity index (χ1n) is 8.01. The van der Waals surface area contributed by atoms with Crippen LogP contribution in [0, 0.1) is 5.92 Å². The number of amides is 1. The van der Waals surface area contributed by atoms with Crippen LogP contribution in [0.2, 0.25) is 0 Å². The quantitative estimate of drug-likeness (QED) is 0.828. The smallest absolute Gasteiger partial charge is 0.227 e. The third-order valence-corrected chi connectivity index (χ3v) is 4.69. The molecule has 0 spiro atoms. The van der Waals surface area contributed by atoms with E-state index in [0.717, 1.165) is 52.1 Å². The van der Waals surface area contributed by atoms with Gasteiger partial charge in [-0.15, -0.1) is 0 Å². The predicted molar refractivity (Wildman–Crippen MR) is 85.5 cm³/mol. The molecule has 3 rings (SSSR count). The minimum absolute atomic E-state index is 0.215. The van der Waals surface area contributed by atoms with E-state index < -0.39 is 0 Å². The van der Waals surface area contributed by atoms with Gasteiger partial charge in [0.2, 0.25) is 5.91 Å². The standard InChI is InChI=1S/C17H25N3O/c1-18-9-5-6-15(14-18)17(21)20-12-10-19(11-13-20)16-7-3-2-4-8-16/h2-4,7-8,15H,5-6,9-14H2,1H3/t15-/m0/s1. The number of carbonyl (C=O) groups excluding carboxylic acids is 1. The number of nitrogens with zero attached hydrogens (tertiary/aromatic N) is 3. The van der Waals surface area contributed by atoms with Crippen LogP contribution in [0.15, 0.2) is 30.3 Å². The van der Waals surface area contributed by atoms with Gasteiger partial charge in [0.1, 0.15) is 0 Å². The van der Waals surface area contributed by atoms with E-state index in [1.54, 1.807) is 0 Å². The Morgan fingerprint density at radius 3 is 2.43 bits per heavy atom. The van der Waals surface area contributed by atoms with Crippen LogP contribution in [0.5, 0.6) is 0 Å². The van der Waals surface area contributed by atoms with Crippen LogP contribution in [0.3, 0.4) is 0 Å². The molecule has 2 fully saturated rings. The zero-order valence-electron chi connectivity index (χ0n) is 12.9. The predicted octanol–water partition coefficient (Wildman–Crippen LogP) is 1.68. The molecule has 0 bridgehead atoms. The number of piperazine rings is 1. The normalized spacial score (nSPS) is 24.1. The number of benzene rings is 1. The number of carbonyl (C=O) groups is 1. The van der Waals surface area contributed by atoms with Crippen molar-refractivity contribution in [2.24, 2.45) is 5.92 Å². The maximum Gasteiger partial charge on any atom is 0.227 e. The molecular weight excluding hydrogens is 262 g/mol. The molecule has 0 aliphatic carbocycles. The first-order valence-corrected chi connectivity index (χ1v) is 8.01. The summed E-state index contributed by atoms with van der Waals surface area (Å²) in [6.07, 6.45) is 2.21. The van der Waals surface area contributed by atoms with Crippen molar-refractivity contribution in [3.8, 4) is 0 Å². The average Bonchev–Trinajstić information content (AvgIpc) is 2.55. The van der Waals surface area contributed by atoms with Crippen molar-refractivity contribution in [2.75, 3.05) is 51.2 Å². The summed E-state index contributed by atoms with van der Waals surface area (Å²) >= 11 is 0. The number of likely N-dealkylation sites (tertiary alicyclic amines) is 1. The molecule has 1 amide bonds. The minimum atomic E-state index is 0.215. The Kier molecular flexibility index (Phi) is 4.44.